The summed E-state index contributed by atoms with van der Waals surface area (Å²) >= 11 is 17.7. The molecule has 0 N–H and O–H groups in total. The average molecular weight is 252 g/mol. The lowest BCUT2D eigenvalue weighted by atomic mass is 10.4. The number of nitrogens with zero attached hydrogens (tertiary/aromatic N) is 2. The van der Waals surface area contributed by atoms with Crippen LogP contribution in [-0.2, 0) is 0 Å². The van der Waals surface area contributed by atoms with Gasteiger partial charge in [0.05, 0.1) is 10.0 Å². The zero-order valence-electron chi connectivity index (χ0n) is 7.43. The Morgan fingerprint density at radius 3 is 2.36 bits per heavy atom. The molecule has 1 fully saturated rings. The predicted molar refractivity (Wildman–Crippen MR) is 60.7 cm³/mol. The van der Waals surface area contributed by atoms with E-state index < -0.39 is 0 Å². The van der Waals surface area contributed by atoms with Crippen molar-refractivity contribution < 1.29 is 0 Å². The molecule has 1 aromatic heterocycles. The summed E-state index contributed by atoms with van der Waals surface area (Å²) in [4.78, 5) is 6.31. The van der Waals surface area contributed by atoms with Crippen molar-refractivity contribution in [3.8, 4) is 0 Å². The summed E-state index contributed by atoms with van der Waals surface area (Å²) in [5.74, 6) is 0.749. The molecular formula is C9H9Cl3N2. The Hall–Kier alpha value is -0.180. The monoisotopic (exact) mass is 250 g/mol. The minimum Gasteiger partial charge on any atom is -0.355 e. The van der Waals surface area contributed by atoms with E-state index in [0.717, 1.165) is 18.9 Å². The van der Waals surface area contributed by atoms with Gasteiger partial charge in [0.25, 0.3) is 0 Å². The molecule has 0 saturated carbocycles. The number of rotatable bonds is 1. The van der Waals surface area contributed by atoms with Crippen LogP contribution < -0.4 is 4.90 Å². The predicted octanol–water partition coefficient (Wildman–Crippen LogP) is 3.64. The van der Waals surface area contributed by atoms with Gasteiger partial charge in [0, 0.05) is 13.1 Å². The van der Waals surface area contributed by atoms with E-state index in [1.165, 1.54) is 12.8 Å². The van der Waals surface area contributed by atoms with Gasteiger partial charge < -0.3 is 4.90 Å². The number of anilines is 1. The maximum Gasteiger partial charge on any atom is 0.150 e. The average Bonchev–Trinajstić information content (AvgIpc) is 2.64. The first kappa shape index (κ1) is 10.3. The normalized spacial score (nSPS) is 16.4. The Morgan fingerprint density at radius 1 is 1.07 bits per heavy atom. The van der Waals surface area contributed by atoms with Crippen molar-refractivity contribution in [2.75, 3.05) is 18.0 Å². The summed E-state index contributed by atoms with van der Waals surface area (Å²) in [5.41, 5.74) is 0. The van der Waals surface area contributed by atoms with Crippen molar-refractivity contribution in [3.05, 3.63) is 21.3 Å². The highest BCUT2D eigenvalue weighted by molar-refractivity contribution is 6.42. The van der Waals surface area contributed by atoms with Crippen LogP contribution in [0, 0.1) is 0 Å². The molecule has 1 aromatic rings. The number of hydrogen-bond acceptors (Lipinski definition) is 2. The summed E-state index contributed by atoms with van der Waals surface area (Å²) in [7, 11) is 0. The van der Waals surface area contributed by atoms with Gasteiger partial charge in [0.1, 0.15) is 11.0 Å². The summed E-state index contributed by atoms with van der Waals surface area (Å²) < 4.78 is 0. The topological polar surface area (TPSA) is 16.1 Å². The highest BCUT2D eigenvalue weighted by Crippen LogP contribution is 2.32. The lowest BCUT2D eigenvalue weighted by Crippen LogP contribution is -2.19. The lowest BCUT2D eigenvalue weighted by Gasteiger charge is -2.17. The van der Waals surface area contributed by atoms with Gasteiger partial charge in [-0.1, -0.05) is 34.8 Å². The van der Waals surface area contributed by atoms with Crippen LogP contribution in [0.4, 0.5) is 5.82 Å². The third kappa shape index (κ3) is 1.92. The van der Waals surface area contributed by atoms with E-state index in [-0.39, 0.29) is 0 Å². The smallest absolute Gasteiger partial charge is 0.150 e. The minimum atomic E-state index is 0.318. The van der Waals surface area contributed by atoms with Crippen molar-refractivity contribution in [1.82, 2.24) is 4.98 Å². The summed E-state index contributed by atoms with van der Waals surface area (Å²) in [5, 5.41) is 1.29. The second-order valence-corrected chi connectivity index (χ2v) is 4.43. The Bertz CT molecular complexity index is 348. The van der Waals surface area contributed by atoms with Crippen LogP contribution >= 0.6 is 34.8 Å². The van der Waals surface area contributed by atoms with Gasteiger partial charge in [-0.2, -0.15) is 0 Å². The molecule has 0 atom stereocenters. The first-order valence-corrected chi connectivity index (χ1v) is 5.58. The maximum atomic E-state index is 6.03. The molecule has 5 heteroatoms. The molecule has 2 nitrogen and oxygen atoms in total. The van der Waals surface area contributed by atoms with Crippen LogP contribution in [0.1, 0.15) is 12.8 Å². The van der Waals surface area contributed by atoms with E-state index in [2.05, 4.69) is 9.88 Å². The van der Waals surface area contributed by atoms with E-state index >= 15 is 0 Å². The highest BCUT2D eigenvalue weighted by atomic mass is 35.5. The Balaban J connectivity index is 2.37. The molecule has 0 spiro atoms. The van der Waals surface area contributed by atoms with Crippen LogP contribution in [0.2, 0.25) is 15.2 Å². The Labute approximate surface area is 97.8 Å². The summed E-state index contributed by atoms with van der Waals surface area (Å²) in [6, 6.07) is 1.64. The van der Waals surface area contributed by atoms with Gasteiger partial charge >= 0.3 is 0 Å². The molecule has 1 aliphatic heterocycles. The first-order chi connectivity index (χ1) is 6.68. The second-order valence-electron chi connectivity index (χ2n) is 3.26. The largest absolute Gasteiger partial charge is 0.355 e. The molecule has 0 radical (unpaired) electrons. The molecule has 76 valence electrons. The fourth-order valence-corrected chi connectivity index (χ4v) is 2.20. The molecule has 0 bridgehead atoms. The van der Waals surface area contributed by atoms with Gasteiger partial charge in [0.2, 0.25) is 0 Å². The molecule has 0 aliphatic carbocycles. The zero-order valence-corrected chi connectivity index (χ0v) is 9.70. The number of pyridine rings is 1. The second kappa shape index (κ2) is 4.13. The van der Waals surface area contributed by atoms with E-state index in [9.17, 15) is 0 Å². The number of hydrogen-bond donors (Lipinski definition) is 0. The van der Waals surface area contributed by atoms with Gasteiger partial charge in [0.15, 0.2) is 0 Å². The fourth-order valence-electron chi connectivity index (χ4n) is 1.59. The Kier molecular flexibility index (Phi) is 3.05. The van der Waals surface area contributed by atoms with E-state index in [4.69, 9.17) is 34.8 Å². The molecular weight excluding hydrogens is 242 g/mol. The number of halogens is 3. The van der Waals surface area contributed by atoms with Crippen LogP contribution in [0.15, 0.2) is 6.07 Å². The molecule has 0 unspecified atom stereocenters. The summed E-state index contributed by atoms with van der Waals surface area (Å²) in [6.07, 6.45) is 2.36. The third-order valence-electron chi connectivity index (χ3n) is 2.27. The van der Waals surface area contributed by atoms with Crippen LogP contribution in [0.5, 0.6) is 0 Å². The first-order valence-electron chi connectivity index (χ1n) is 4.45. The molecule has 0 aromatic carbocycles. The van der Waals surface area contributed by atoms with Crippen molar-refractivity contribution in [1.29, 1.82) is 0 Å². The van der Waals surface area contributed by atoms with E-state index in [0.29, 0.717) is 15.2 Å². The maximum absolute atomic E-state index is 6.03. The van der Waals surface area contributed by atoms with Gasteiger partial charge in [-0.25, -0.2) is 4.98 Å². The lowest BCUT2D eigenvalue weighted by molar-refractivity contribution is 0.938. The molecule has 1 saturated heterocycles. The molecule has 0 amide bonds. The van der Waals surface area contributed by atoms with E-state index in [1.807, 2.05) is 0 Å². The Morgan fingerprint density at radius 2 is 1.71 bits per heavy atom. The third-order valence-corrected chi connectivity index (χ3v) is 3.22. The molecule has 1 aliphatic rings. The van der Waals surface area contributed by atoms with Crippen LogP contribution in [-0.4, -0.2) is 18.1 Å². The van der Waals surface area contributed by atoms with Crippen molar-refractivity contribution in [3.63, 3.8) is 0 Å². The molecule has 2 heterocycles. The number of aromatic nitrogens is 1. The zero-order chi connectivity index (χ0) is 10.1. The van der Waals surface area contributed by atoms with Gasteiger partial charge in [-0.3, -0.25) is 0 Å². The van der Waals surface area contributed by atoms with Crippen molar-refractivity contribution >= 4 is 40.6 Å². The van der Waals surface area contributed by atoms with Crippen LogP contribution in [0.3, 0.4) is 0 Å². The standard InChI is InChI=1S/C9H9Cl3N2/c10-6-5-7(11)9(13-8(6)12)14-3-1-2-4-14/h5H,1-4H2. The molecule has 14 heavy (non-hydrogen) atoms. The van der Waals surface area contributed by atoms with Gasteiger partial charge in [-0.15, -0.1) is 0 Å². The minimum absolute atomic E-state index is 0.318. The van der Waals surface area contributed by atoms with E-state index in [1.54, 1.807) is 6.07 Å². The highest BCUT2D eigenvalue weighted by Gasteiger charge is 2.18. The quantitative estimate of drug-likeness (QED) is 0.709. The van der Waals surface area contributed by atoms with Crippen molar-refractivity contribution in [2.24, 2.45) is 0 Å². The van der Waals surface area contributed by atoms with Gasteiger partial charge in [-0.05, 0) is 18.9 Å². The van der Waals surface area contributed by atoms with Crippen molar-refractivity contribution in [2.45, 2.75) is 12.8 Å². The van der Waals surface area contributed by atoms with Crippen LogP contribution in [0.25, 0.3) is 0 Å². The summed E-state index contributed by atoms with van der Waals surface area (Å²) in [6.45, 7) is 1.98. The fraction of sp³-hybridized carbons (Fsp3) is 0.444. The SMILES string of the molecule is Clc1cc(Cl)c(N2CCCC2)nc1Cl. The molecule has 2 rings (SSSR count).